The molecule has 3 amide bonds. The molecule has 0 N–H and O–H groups in total. The highest BCUT2D eigenvalue weighted by atomic mass is 35.5. The SMILES string of the molecule is CCC(=O)N1CCN(C(=O)OC2C3=C(OCCS3)C(=O)N2c2ccc3ccc(Cl)nc3n2)CC1. The van der Waals surface area contributed by atoms with E-state index in [1.165, 1.54) is 16.7 Å². The smallest absolute Gasteiger partial charge is 0.412 e. The van der Waals surface area contributed by atoms with Crippen molar-refractivity contribution in [3.63, 3.8) is 0 Å². The molecule has 1 unspecified atom stereocenters. The van der Waals surface area contributed by atoms with Gasteiger partial charge in [-0.3, -0.25) is 9.59 Å². The maximum atomic E-state index is 13.3. The number of piperazine rings is 1. The van der Waals surface area contributed by atoms with E-state index in [1.54, 1.807) is 34.1 Å². The van der Waals surface area contributed by atoms with E-state index in [-0.39, 0.29) is 22.6 Å². The summed E-state index contributed by atoms with van der Waals surface area (Å²) in [7, 11) is 0. The van der Waals surface area contributed by atoms with E-state index in [2.05, 4.69) is 9.97 Å². The Morgan fingerprint density at radius 3 is 2.65 bits per heavy atom. The minimum atomic E-state index is -1.00. The first-order chi connectivity index (χ1) is 16.5. The molecule has 1 saturated heterocycles. The molecule has 0 spiro atoms. The summed E-state index contributed by atoms with van der Waals surface area (Å²) in [5.74, 6) is 0.721. The van der Waals surface area contributed by atoms with E-state index >= 15 is 0 Å². The highest BCUT2D eigenvalue weighted by Crippen LogP contribution is 2.40. The topological polar surface area (TPSA) is 105 Å². The first-order valence-electron chi connectivity index (χ1n) is 11.0. The van der Waals surface area contributed by atoms with Gasteiger partial charge in [-0.05, 0) is 24.3 Å². The summed E-state index contributed by atoms with van der Waals surface area (Å²) in [6, 6.07) is 6.91. The fourth-order valence-corrected chi connectivity index (χ4v) is 5.18. The summed E-state index contributed by atoms with van der Waals surface area (Å²) >= 11 is 7.44. The Morgan fingerprint density at radius 1 is 1.15 bits per heavy atom. The molecule has 3 aliphatic rings. The van der Waals surface area contributed by atoms with Crippen molar-refractivity contribution < 1.29 is 23.9 Å². The maximum Gasteiger partial charge on any atom is 0.412 e. The van der Waals surface area contributed by atoms with Crippen molar-refractivity contribution in [2.24, 2.45) is 0 Å². The summed E-state index contributed by atoms with van der Waals surface area (Å²) in [5, 5.41) is 1.04. The Hall–Kier alpha value is -3.05. The lowest BCUT2D eigenvalue weighted by molar-refractivity contribution is -0.132. The second kappa shape index (κ2) is 9.30. The molecule has 178 valence electrons. The molecule has 0 aromatic carbocycles. The minimum Gasteiger partial charge on any atom is -0.486 e. The van der Waals surface area contributed by atoms with Gasteiger partial charge in [0.15, 0.2) is 11.4 Å². The molecular formula is C22H22ClN5O5S. The van der Waals surface area contributed by atoms with Crippen molar-refractivity contribution in [1.82, 2.24) is 19.8 Å². The van der Waals surface area contributed by atoms with Crippen LogP contribution in [0.2, 0.25) is 5.15 Å². The van der Waals surface area contributed by atoms with Gasteiger partial charge >= 0.3 is 6.09 Å². The number of fused-ring (bicyclic) bond motifs is 1. The number of ether oxygens (including phenoxy) is 2. The van der Waals surface area contributed by atoms with Gasteiger partial charge in [-0.2, -0.15) is 0 Å². The third kappa shape index (κ3) is 4.14. The molecule has 0 radical (unpaired) electrons. The lowest BCUT2D eigenvalue weighted by Crippen LogP contribution is -2.52. The number of hydrogen-bond acceptors (Lipinski definition) is 8. The zero-order valence-corrected chi connectivity index (χ0v) is 20.0. The van der Waals surface area contributed by atoms with E-state index in [0.717, 1.165) is 5.39 Å². The number of carbonyl (C=O) groups excluding carboxylic acids is 3. The molecule has 5 heterocycles. The quantitative estimate of drug-likeness (QED) is 0.589. The lowest BCUT2D eigenvalue weighted by atomic mass is 10.3. The van der Waals surface area contributed by atoms with E-state index in [9.17, 15) is 14.4 Å². The van der Waals surface area contributed by atoms with Crippen LogP contribution < -0.4 is 4.90 Å². The molecule has 34 heavy (non-hydrogen) atoms. The minimum absolute atomic E-state index is 0.0576. The predicted octanol–water partition coefficient (Wildman–Crippen LogP) is 2.62. The van der Waals surface area contributed by atoms with Crippen LogP contribution in [0.4, 0.5) is 10.6 Å². The summed E-state index contributed by atoms with van der Waals surface area (Å²) in [4.78, 5) is 52.1. The number of amides is 3. The largest absolute Gasteiger partial charge is 0.486 e. The number of anilines is 1. The average molecular weight is 504 g/mol. The van der Waals surface area contributed by atoms with Gasteiger partial charge in [-0.25, -0.2) is 19.7 Å². The van der Waals surface area contributed by atoms with Gasteiger partial charge in [0.2, 0.25) is 12.1 Å². The van der Waals surface area contributed by atoms with Crippen LogP contribution in [-0.2, 0) is 19.1 Å². The first-order valence-corrected chi connectivity index (χ1v) is 12.3. The average Bonchev–Trinajstić information content (AvgIpc) is 3.14. The van der Waals surface area contributed by atoms with Crippen LogP contribution >= 0.6 is 23.4 Å². The number of pyridine rings is 2. The van der Waals surface area contributed by atoms with Crippen LogP contribution in [0.5, 0.6) is 0 Å². The Morgan fingerprint density at radius 2 is 1.88 bits per heavy atom. The van der Waals surface area contributed by atoms with Gasteiger partial charge in [0.25, 0.3) is 5.91 Å². The molecule has 0 aliphatic carbocycles. The van der Waals surface area contributed by atoms with Crippen molar-refractivity contribution in [1.29, 1.82) is 0 Å². The van der Waals surface area contributed by atoms with Crippen LogP contribution in [0.1, 0.15) is 13.3 Å². The number of rotatable bonds is 3. The molecule has 3 aliphatic heterocycles. The molecule has 0 saturated carbocycles. The molecule has 5 rings (SSSR count). The fraction of sp³-hybridized carbons (Fsp3) is 0.409. The summed E-state index contributed by atoms with van der Waals surface area (Å²) in [5.41, 5.74) is 0.373. The molecule has 1 fully saturated rings. The molecule has 2 aromatic rings. The van der Waals surface area contributed by atoms with Crippen LogP contribution in [0.15, 0.2) is 34.9 Å². The number of thioether (sulfide) groups is 1. The molecular weight excluding hydrogens is 482 g/mol. The van der Waals surface area contributed by atoms with Crippen LogP contribution in [0, 0.1) is 0 Å². The van der Waals surface area contributed by atoms with Crippen molar-refractivity contribution in [3.8, 4) is 0 Å². The second-order valence-corrected chi connectivity index (χ2v) is 9.40. The second-order valence-electron chi connectivity index (χ2n) is 7.87. The summed E-state index contributed by atoms with van der Waals surface area (Å²) < 4.78 is 11.5. The highest BCUT2D eigenvalue weighted by Gasteiger charge is 2.47. The van der Waals surface area contributed by atoms with Crippen molar-refractivity contribution in [2.75, 3.05) is 43.4 Å². The van der Waals surface area contributed by atoms with Crippen LogP contribution in [-0.4, -0.2) is 82.4 Å². The van der Waals surface area contributed by atoms with Crippen molar-refractivity contribution >= 4 is 58.1 Å². The van der Waals surface area contributed by atoms with Gasteiger partial charge in [0, 0.05) is 43.7 Å². The van der Waals surface area contributed by atoms with Crippen molar-refractivity contribution in [3.05, 3.63) is 40.1 Å². The van der Waals surface area contributed by atoms with E-state index in [1.807, 2.05) is 6.92 Å². The molecule has 10 nitrogen and oxygen atoms in total. The summed E-state index contributed by atoms with van der Waals surface area (Å²) in [6.45, 7) is 3.81. The molecule has 1 atom stereocenters. The zero-order chi connectivity index (χ0) is 23.8. The predicted molar refractivity (Wildman–Crippen MR) is 126 cm³/mol. The van der Waals surface area contributed by atoms with Crippen LogP contribution in [0.3, 0.4) is 0 Å². The fourth-order valence-electron chi connectivity index (χ4n) is 4.08. The van der Waals surface area contributed by atoms with Gasteiger partial charge in [-0.15, -0.1) is 11.8 Å². The number of hydrogen-bond donors (Lipinski definition) is 0. The Balaban J connectivity index is 1.40. The van der Waals surface area contributed by atoms with Crippen molar-refractivity contribution in [2.45, 2.75) is 19.6 Å². The van der Waals surface area contributed by atoms with Crippen LogP contribution in [0.25, 0.3) is 11.0 Å². The van der Waals surface area contributed by atoms with Gasteiger partial charge < -0.3 is 19.3 Å². The van der Waals surface area contributed by atoms with E-state index < -0.39 is 18.2 Å². The third-order valence-electron chi connectivity index (χ3n) is 5.84. The van der Waals surface area contributed by atoms with Gasteiger partial charge in [0.1, 0.15) is 11.0 Å². The lowest BCUT2D eigenvalue weighted by Gasteiger charge is -2.35. The molecule has 2 aromatic heterocycles. The standard InChI is InChI=1S/C22H22ClN5O5S/c1-2-16(29)26-7-9-27(10-8-26)22(31)33-21-18-17(32-11-12-34-18)20(30)28(21)15-6-4-13-3-5-14(23)24-19(13)25-15/h3-6,21H,2,7-12H2,1H3. The van der Waals surface area contributed by atoms with Gasteiger partial charge in [0.05, 0.1) is 11.5 Å². The number of aromatic nitrogens is 2. The normalized spacial score (nSPS) is 20.5. The number of carbonyl (C=O) groups is 3. The maximum absolute atomic E-state index is 13.3. The Labute approximate surface area is 204 Å². The Kier molecular flexibility index (Phi) is 6.22. The highest BCUT2D eigenvalue weighted by molar-refractivity contribution is 8.03. The van der Waals surface area contributed by atoms with E-state index in [4.69, 9.17) is 21.1 Å². The molecule has 0 bridgehead atoms. The van der Waals surface area contributed by atoms with Gasteiger partial charge in [-0.1, -0.05) is 18.5 Å². The third-order valence-corrected chi connectivity index (χ3v) is 7.12. The first kappa shape index (κ1) is 22.7. The number of halogens is 1. The molecule has 12 heteroatoms. The zero-order valence-electron chi connectivity index (χ0n) is 18.4. The number of nitrogens with zero attached hydrogens (tertiary/aromatic N) is 5. The van der Waals surface area contributed by atoms with E-state index in [0.29, 0.717) is 55.5 Å². The summed E-state index contributed by atoms with van der Waals surface area (Å²) in [6.07, 6.45) is -1.13. The monoisotopic (exact) mass is 503 g/mol. The Bertz CT molecular complexity index is 1200.